The fraction of sp³-hybridized carbons (Fsp3) is 0.750. The van der Waals surface area contributed by atoms with E-state index in [1.807, 2.05) is 0 Å². The lowest BCUT2D eigenvalue weighted by Gasteiger charge is -1.94. The number of nitrogens with two attached hydrogens (primary N) is 1. The van der Waals surface area contributed by atoms with Crippen molar-refractivity contribution in [2.45, 2.75) is 0 Å². The van der Waals surface area contributed by atoms with Crippen LogP contribution in [0, 0.1) is 0 Å². The summed E-state index contributed by atoms with van der Waals surface area (Å²) in [7, 11) is -3.94. The fourth-order valence-corrected chi connectivity index (χ4v) is 1.84. The molecule has 0 spiro atoms. The van der Waals surface area contributed by atoms with Gasteiger partial charge >= 0.3 is 0 Å². The Balaban J connectivity index is 3.51. The second-order valence-corrected chi connectivity index (χ2v) is 4.43. The Morgan fingerprint density at radius 2 is 2.09 bits per heavy atom. The summed E-state index contributed by atoms with van der Waals surface area (Å²) in [6.45, 7) is -0.115. The molecule has 0 aliphatic rings. The van der Waals surface area contributed by atoms with Crippen LogP contribution in [0.1, 0.15) is 0 Å². The lowest BCUT2D eigenvalue weighted by Crippen LogP contribution is -2.13. The molecule has 0 aromatic rings. The molecule has 3 N–H and O–H groups in total. The third-order valence-electron chi connectivity index (χ3n) is 0.771. The van der Waals surface area contributed by atoms with Crippen LogP contribution in [-0.4, -0.2) is 36.1 Å². The number of hydrogen-bond acceptors (Lipinski definition) is 5. The zero-order valence-corrected chi connectivity index (χ0v) is 7.32. The van der Waals surface area contributed by atoms with E-state index in [1.165, 1.54) is 0 Å². The molecule has 0 amide bonds. The minimum Gasteiger partial charge on any atom is -0.323 e. The highest BCUT2D eigenvalue weighted by molar-refractivity contribution is 8.14. The molecular formula is C4H9NO4S2. The molecule has 0 atom stereocenters. The Hall–Kier alpha value is -0.110. The summed E-state index contributed by atoms with van der Waals surface area (Å²) < 4.78 is 28.4. The third kappa shape index (κ3) is 7.79. The average molecular weight is 199 g/mol. The number of rotatable bonds is 4. The van der Waals surface area contributed by atoms with E-state index in [0.717, 1.165) is 11.8 Å². The zero-order valence-electron chi connectivity index (χ0n) is 5.69. The summed E-state index contributed by atoms with van der Waals surface area (Å²) in [4.78, 5) is 10.5. The largest absolute Gasteiger partial charge is 0.323 e. The standard InChI is InChI=1S/C4H9NO4S2/c5-3-4(6)10-1-2-11(7,8)9/h1-3,5H2,(H,7,8,9). The molecule has 7 heteroatoms. The highest BCUT2D eigenvalue weighted by Gasteiger charge is 2.06. The van der Waals surface area contributed by atoms with Gasteiger partial charge in [0.2, 0.25) is 5.12 Å². The van der Waals surface area contributed by atoms with Crippen molar-refractivity contribution in [3.05, 3.63) is 0 Å². The van der Waals surface area contributed by atoms with Crippen LogP contribution in [-0.2, 0) is 14.9 Å². The molecule has 0 bridgehead atoms. The Bertz CT molecular complexity index is 222. The first-order valence-corrected chi connectivity index (χ1v) is 5.36. The maximum Gasteiger partial charge on any atom is 0.265 e. The van der Waals surface area contributed by atoms with E-state index in [0.29, 0.717) is 0 Å². The first kappa shape index (κ1) is 10.9. The van der Waals surface area contributed by atoms with Crippen molar-refractivity contribution in [3.8, 4) is 0 Å². The molecule has 66 valence electrons. The van der Waals surface area contributed by atoms with Gasteiger partial charge in [-0.15, -0.1) is 0 Å². The molecule has 0 heterocycles. The van der Waals surface area contributed by atoms with Crippen molar-refractivity contribution in [2.75, 3.05) is 18.1 Å². The first-order chi connectivity index (χ1) is 4.95. The van der Waals surface area contributed by atoms with Crippen LogP contribution in [0.25, 0.3) is 0 Å². The smallest absolute Gasteiger partial charge is 0.265 e. The molecular weight excluding hydrogens is 190 g/mol. The van der Waals surface area contributed by atoms with Gasteiger partial charge in [-0.1, -0.05) is 11.8 Å². The van der Waals surface area contributed by atoms with E-state index in [4.69, 9.17) is 10.3 Å². The molecule has 0 unspecified atom stereocenters. The summed E-state index contributed by atoms with van der Waals surface area (Å²) >= 11 is 0.800. The van der Waals surface area contributed by atoms with Crippen LogP contribution in [0.5, 0.6) is 0 Å². The molecule has 11 heavy (non-hydrogen) atoms. The maximum atomic E-state index is 10.5. The summed E-state index contributed by atoms with van der Waals surface area (Å²) in [5, 5.41) is -0.284. The van der Waals surface area contributed by atoms with Gasteiger partial charge in [-0.2, -0.15) is 8.42 Å². The van der Waals surface area contributed by atoms with Gasteiger partial charge in [0.05, 0.1) is 12.3 Å². The number of hydrogen-bond donors (Lipinski definition) is 2. The van der Waals surface area contributed by atoms with Gasteiger partial charge in [-0.05, 0) is 0 Å². The summed E-state index contributed by atoms with van der Waals surface area (Å²) in [6, 6.07) is 0. The minimum atomic E-state index is -3.94. The van der Waals surface area contributed by atoms with E-state index in [-0.39, 0.29) is 17.4 Å². The van der Waals surface area contributed by atoms with Gasteiger partial charge in [0.1, 0.15) is 0 Å². The average Bonchev–Trinajstić information content (AvgIpc) is 1.85. The molecule has 0 fully saturated rings. The van der Waals surface area contributed by atoms with Gasteiger partial charge < -0.3 is 5.73 Å². The Morgan fingerprint density at radius 3 is 2.45 bits per heavy atom. The SMILES string of the molecule is NCC(=O)SCCS(=O)(=O)O. The Labute approximate surface area is 69.1 Å². The van der Waals surface area contributed by atoms with E-state index in [1.54, 1.807) is 0 Å². The molecule has 0 saturated heterocycles. The topological polar surface area (TPSA) is 97.5 Å². The predicted octanol–water partition coefficient (Wildman–Crippen LogP) is -0.907. The highest BCUT2D eigenvalue weighted by atomic mass is 32.2. The predicted molar refractivity (Wildman–Crippen MR) is 42.9 cm³/mol. The fourth-order valence-electron chi connectivity index (χ4n) is 0.320. The van der Waals surface area contributed by atoms with E-state index >= 15 is 0 Å². The van der Waals surface area contributed by atoms with Gasteiger partial charge in [0.15, 0.2) is 0 Å². The van der Waals surface area contributed by atoms with Crippen molar-refractivity contribution in [1.82, 2.24) is 0 Å². The molecule has 0 rings (SSSR count). The van der Waals surface area contributed by atoms with Crippen LogP contribution in [0.15, 0.2) is 0 Å². The molecule has 0 aliphatic heterocycles. The molecule has 5 nitrogen and oxygen atoms in total. The second kappa shape index (κ2) is 4.70. The van der Waals surface area contributed by atoms with Crippen LogP contribution >= 0.6 is 11.8 Å². The molecule has 0 radical (unpaired) electrons. The van der Waals surface area contributed by atoms with E-state index in [9.17, 15) is 13.2 Å². The van der Waals surface area contributed by atoms with Gasteiger partial charge in [-0.25, -0.2) is 0 Å². The monoisotopic (exact) mass is 199 g/mol. The number of carbonyl (C=O) groups excluding carboxylic acids is 1. The number of carbonyl (C=O) groups is 1. The minimum absolute atomic E-state index is 0.0505. The number of thioether (sulfide) groups is 1. The van der Waals surface area contributed by atoms with Crippen molar-refractivity contribution < 1.29 is 17.8 Å². The maximum absolute atomic E-state index is 10.5. The second-order valence-electron chi connectivity index (χ2n) is 1.71. The molecule has 0 saturated carbocycles. The van der Waals surface area contributed by atoms with Crippen molar-refractivity contribution in [2.24, 2.45) is 5.73 Å². The van der Waals surface area contributed by atoms with Crippen LogP contribution in [0.3, 0.4) is 0 Å². The summed E-state index contributed by atoms with van der Waals surface area (Å²) in [5.41, 5.74) is 4.94. The third-order valence-corrected chi connectivity index (χ3v) is 2.65. The van der Waals surface area contributed by atoms with Crippen LogP contribution < -0.4 is 5.73 Å². The van der Waals surface area contributed by atoms with Crippen molar-refractivity contribution >= 4 is 27.0 Å². The van der Waals surface area contributed by atoms with Gasteiger partial charge in [-0.3, -0.25) is 9.35 Å². The van der Waals surface area contributed by atoms with E-state index < -0.39 is 15.9 Å². The quantitative estimate of drug-likeness (QED) is 0.569. The van der Waals surface area contributed by atoms with Crippen LogP contribution in [0.4, 0.5) is 0 Å². The lowest BCUT2D eigenvalue weighted by atomic mass is 10.8. The van der Waals surface area contributed by atoms with Gasteiger partial charge in [0, 0.05) is 5.75 Å². The van der Waals surface area contributed by atoms with E-state index in [2.05, 4.69) is 0 Å². The normalized spacial score (nSPS) is 11.5. The molecule has 0 aromatic heterocycles. The van der Waals surface area contributed by atoms with Crippen molar-refractivity contribution in [1.29, 1.82) is 0 Å². The first-order valence-electron chi connectivity index (χ1n) is 2.76. The Kier molecular flexibility index (Phi) is 4.66. The lowest BCUT2D eigenvalue weighted by molar-refractivity contribution is -0.109. The molecule has 0 aromatic carbocycles. The summed E-state index contributed by atoms with van der Waals surface area (Å²) in [6.07, 6.45) is 0. The van der Waals surface area contributed by atoms with Crippen molar-refractivity contribution in [3.63, 3.8) is 0 Å². The Morgan fingerprint density at radius 1 is 1.55 bits per heavy atom. The zero-order chi connectivity index (χ0) is 8.91. The molecule has 0 aliphatic carbocycles. The van der Waals surface area contributed by atoms with Gasteiger partial charge in [0.25, 0.3) is 10.1 Å². The van der Waals surface area contributed by atoms with Crippen LogP contribution in [0.2, 0.25) is 0 Å². The highest BCUT2D eigenvalue weighted by Crippen LogP contribution is 2.00. The summed E-state index contributed by atoms with van der Waals surface area (Å²) in [5.74, 6) is -0.363.